The number of nitrogens with one attached hydrogen (secondary N) is 1. The van der Waals surface area contributed by atoms with Crippen molar-refractivity contribution in [2.24, 2.45) is 0 Å². The van der Waals surface area contributed by atoms with Crippen LogP contribution in [0.3, 0.4) is 0 Å². The molecule has 8 heteroatoms. The van der Waals surface area contributed by atoms with Crippen molar-refractivity contribution in [3.8, 4) is 0 Å². The zero-order chi connectivity index (χ0) is 19.7. The summed E-state index contributed by atoms with van der Waals surface area (Å²) >= 11 is 1.34. The summed E-state index contributed by atoms with van der Waals surface area (Å²) in [6.45, 7) is 1.63. The van der Waals surface area contributed by atoms with Crippen molar-refractivity contribution in [1.82, 2.24) is 9.55 Å². The molecule has 1 unspecified atom stereocenters. The Hall–Kier alpha value is -3.26. The fourth-order valence-electron chi connectivity index (χ4n) is 2.93. The van der Waals surface area contributed by atoms with Crippen molar-refractivity contribution >= 4 is 33.5 Å². The van der Waals surface area contributed by atoms with Gasteiger partial charge < -0.3 is 9.73 Å². The second-order valence-electron chi connectivity index (χ2n) is 6.31. The molecule has 0 radical (unpaired) electrons. The molecule has 0 aliphatic heterocycles. The topological polar surface area (TPSA) is 77.1 Å². The smallest absolute Gasteiger partial charge is 0.408 e. The number of hydrogen-bond donors (Lipinski definition) is 1. The number of amides is 1. The largest absolute Gasteiger partial charge is 0.420 e. The van der Waals surface area contributed by atoms with Crippen LogP contribution < -0.4 is 11.1 Å². The Balaban J connectivity index is 1.49. The molecule has 0 saturated carbocycles. The van der Waals surface area contributed by atoms with Gasteiger partial charge in [0.1, 0.15) is 11.9 Å². The van der Waals surface area contributed by atoms with E-state index in [-0.39, 0.29) is 11.7 Å². The molecule has 4 rings (SSSR count). The minimum absolute atomic E-state index is 0.281. The lowest BCUT2D eigenvalue weighted by Crippen LogP contribution is -2.29. The third kappa shape index (κ3) is 3.59. The molecule has 1 atom stereocenters. The fraction of sp³-hybridized carbons (Fsp3) is 0.150. The summed E-state index contributed by atoms with van der Waals surface area (Å²) in [6, 6.07) is 12.4. The van der Waals surface area contributed by atoms with Gasteiger partial charge in [-0.15, -0.1) is 11.3 Å². The van der Waals surface area contributed by atoms with E-state index in [0.717, 1.165) is 10.4 Å². The third-order valence-electron chi connectivity index (χ3n) is 4.36. The first kappa shape index (κ1) is 18.1. The van der Waals surface area contributed by atoms with E-state index in [1.807, 2.05) is 0 Å². The van der Waals surface area contributed by atoms with Gasteiger partial charge in [-0.05, 0) is 36.8 Å². The van der Waals surface area contributed by atoms with Crippen LogP contribution in [-0.2, 0) is 11.2 Å². The number of nitrogens with zero attached hydrogens (tertiary/aromatic N) is 2. The van der Waals surface area contributed by atoms with Crippen molar-refractivity contribution < 1.29 is 13.6 Å². The molecule has 28 heavy (non-hydrogen) atoms. The first-order chi connectivity index (χ1) is 13.5. The molecule has 0 aliphatic carbocycles. The van der Waals surface area contributed by atoms with Crippen molar-refractivity contribution in [3.05, 3.63) is 81.5 Å². The van der Waals surface area contributed by atoms with Crippen molar-refractivity contribution in [3.63, 3.8) is 0 Å². The summed E-state index contributed by atoms with van der Waals surface area (Å²) in [5.41, 5.74) is 1.95. The predicted octanol–water partition coefficient (Wildman–Crippen LogP) is 3.98. The Kier molecular flexibility index (Phi) is 4.79. The number of carbonyl (C=O) groups excluding carboxylic acids is 1. The number of anilines is 1. The highest BCUT2D eigenvalue weighted by Crippen LogP contribution is 2.23. The van der Waals surface area contributed by atoms with Crippen molar-refractivity contribution in [1.29, 1.82) is 0 Å². The Labute approximate surface area is 163 Å². The molecule has 1 amide bonds. The summed E-state index contributed by atoms with van der Waals surface area (Å²) in [7, 11) is 0. The molecule has 0 spiro atoms. The quantitative estimate of drug-likeness (QED) is 0.553. The molecule has 2 aromatic heterocycles. The number of fused-ring (bicyclic) bond motifs is 1. The van der Waals surface area contributed by atoms with Crippen LogP contribution in [0, 0.1) is 5.82 Å². The zero-order valence-electron chi connectivity index (χ0n) is 14.9. The Bertz CT molecular complexity index is 1190. The van der Waals surface area contributed by atoms with Crippen LogP contribution in [-0.4, -0.2) is 15.5 Å². The van der Waals surface area contributed by atoms with E-state index in [2.05, 4.69) is 10.3 Å². The SMILES string of the molecule is CC(C(=O)Nc1ncc(Cc2ccc(F)cc2)s1)n1c(=O)oc2ccccc21. The molecule has 0 bridgehead atoms. The maximum atomic E-state index is 13.0. The van der Waals surface area contributed by atoms with Crippen molar-refractivity contribution in [2.75, 3.05) is 5.32 Å². The lowest BCUT2D eigenvalue weighted by atomic mass is 10.1. The van der Waals surface area contributed by atoms with E-state index in [1.165, 1.54) is 28.0 Å². The van der Waals surface area contributed by atoms with Gasteiger partial charge in [-0.25, -0.2) is 14.2 Å². The molecule has 1 N–H and O–H groups in total. The highest BCUT2D eigenvalue weighted by Gasteiger charge is 2.22. The van der Waals surface area contributed by atoms with Crippen LogP contribution in [0.1, 0.15) is 23.4 Å². The van der Waals surface area contributed by atoms with E-state index >= 15 is 0 Å². The number of para-hydroxylation sites is 2. The van der Waals surface area contributed by atoms with E-state index in [1.54, 1.807) is 49.5 Å². The maximum Gasteiger partial charge on any atom is 0.420 e. The molecule has 2 heterocycles. The highest BCUT2D eigenvalue weighted by atomic mass is 32.1. The first-order valence-electron chi connectivity index (χ1n) is 8.61. The molecular formula is C20H16FN3O3S. The summed E-state index contributed by atoms with van der Waals surface area (Å²) in [4.78, 5) is 29.9. The van der Waals surface area contributed by atoms with Gasteiger partial charge in [-0.2, -0.15) is 0 Å². The lowest BCUT2D eigenvalue weighted by molar-refractivity contribution is -0.118. The van der Waals surface area contributed by atoms with Gasteiger partial charge in [0.2, 0.25) is 5.91 Å². The van der Waals surface area contributed by atoms with Crippen LogP contribution in [0.15, 0.2) is 63.9 Å². The Morgan fingerprint density at radius 2 is 2.00 bits per heavy atom. The van der Waals surface area contributed by atoms with Gasteiger partial charge in [0.25, 0.3) is 0 Å². The molecule has 2 aromatic carbocycles. The maximum absolute atomic E-state index is 13.0. The van der Waals surface area contributed by atoms with Crippen LogP contribution in [0.5, 0.6) is 0 Å². The standard InChI is InChI=1S/C20H16FN3O3S/c1-12(24-16-4-2-3-5-17(16)27-20(24)26)18(25)23-19-22-11-15(28-19)10-13-6-8-14(21)9-7-13/h2-9,11-12H,10H2,1H3,(H,22,23,25). The fourth-order valence-corrected chi connectivity index (χ4v) is 3.78. The van der Waals surface area contributed by atoms with Gasteiger partial charge in [0.15, 0.2) is 10.7 Å². The second kappa shape index (κ2) is 7.40. The molecule has 0 fully saturated rings. The Morgan fingerprint density at radius 1 is 1.25 bits per heavy atom. The normalized spacial score (nSPS) is 12.2. The minimum Gasteiger partial charge on any atom is -0.408 e. The molecule has 4 aromatic rings. The Morgan fingerprint density at radius 3 is 2.79 bits per heavy atom. The summed E-state index contributed by atoms with van der Waals surface area (Å²) < 4.78 is 19.5. The zero-order valence-corrected chi connectivity index (χ0v) is 15.7. The van der Waals surface area contributed by atoms with Crippen LogP contribution in [0.4, 0.5) is 9.52 Å². The molecule has 6 nitrogen and oxygen atoms in total. The van der Waals surface area contributed by atoms with E-state index in [9.17, 15) is 14.0 Å². The molecule has 142 valence electrons. The minimum atomic E-state index is -0.763. The van der Waals surface area contributed by atoms with Crippen LogP contribution >= 0.6 is 11.3 Å². The third-order valence-corrected chi connectivity index (χ3v) is 5.27. The lowest BCUT2D eigenvalue weighted by Gasteiger charge is -2.11. The number of thiazole rings is 1. The summed E-state index contributed by atoms with van der Waals surface area (Å²) in [5, 5.41) is 3.18. The number of hydrogen-bond acceptors (Lipinski definition) is 5. The van der Waals surface area contributed by atoms with Gasteiger partial charge in [-0.3, -0.25) is 9.36 Å². The average Bonchev–Trinajstić information content (AvgIpc) is 3.25. The molecular weight excluding hydrogens is 381 g/mol. The number of rotatable bonds is 5. The average molecular weight is 397 g/mol. The highest BCUT2D eigenvalue weighted by molar-refractivity contribution is 7.15. The first-order valence-corrected chi connectivity index (χ1v) is 9.43. The van der Waals surface area contributed by atoms with E-state index in [4.69, 9.17) is 4.42 Å². The predicted molar refractivity (Wildman–Crippen MR) is 105 cm³/mol. The van der Waals surface area contributed by atoms with Gasteiger partial charge >= 0.3 is 5.76 Å². The summed E-state index contributed by atoms with van der Waals surface area (Å²) in [6.07, 6.45) is 2.27. The monoisotopic (exact) mass is 397 g/mol. The summed E-state index contributed by atoms with van der Waals surface area (Å²) in [5.74, 6) is -1.23. The van der Waals surface area contributed by atoms with Gasteiger partial charge in [0.05, 0.1) is 5.52 Å². The molecule has 0 saturated heterocycles. The number of aromatic nitrogens is 2. The molecule has 0 aliphatic rings. The van der Waals surface area contributed by atoms with Crippen LogP contribution in [0.25, 0.3) is 11.1 Å². The van der Waals surface area contributed by atoms with Gasteiger partial charge in [-0.1, -0.05) is 24.3 Å². The van der Waals surface area contributed by atoms with E-state index < -0.39 is 11.8 Å². The number of carbonyl (C=O) groups is 1. The second-order valence-corrected chi connectivity index (χ2v) is 7.42. The number of benzene rings is 2. The van der Waals surface area contributed by atoms with Crippen LogP contribution in [0.2, 0.25) is 0 Å². The number of oxazole rings is 1. The van der Waals surface area contributed by atoms with Crippen molar-refractivity contribution in [2.45, 2.75) is 19.4 Å². The van der Waals surface area contributed by atoms with E-state index in [0.29, 0.717) is 22.7 Å². The number of halogens is 1. The van der Waals surface area contributed by atoms with Gasteiger partial charge in [0, 0.05) is 17.5 Å².